The molecule has 0 aromatic carbocycles. The molecule has 0 spiro atoms. The highest BCUT2D eigenvalue weighted by Crippen LogP contribution is 2.21. The lowest BCUT2D eigenvalue weighted by atomic mass is 9.98. The van der Waals surface area contributed by atoms with Crippen molar-refractivity contribution >= 4 is 11.8 Å². The molecule has 25 heavy (non-hydrogen) atoms. The minimum absolute atomic E-state index is 0.0627. The van der Waals surface area contributed by atoms with Crippen LogP contribution in [0.2, 0.25) is 0 Å². The van der Waals surface area contributed by atoms with Gasteiger partial charge < -0.3 is 9.47 Å². The number of aromatic nitrogens is 4. The first-order valence-electron chi connectivity index (χ1n) is 8.00. The van der Waals surface area contributed by atoms with Crippen LogP contribution in [0.4, 0.5) is 0 Å². The number of carbonyl (C=O) groups is 2. The van der Waals surface area contributed by atoms with Crippen LogP contribution in [0.3, 0.4) is 0 Å². The van der Waals surface area contributed by atoms with Crippen molar-refractivity contribution in [1.82, 2.24) is 19.7 Å². The van der Waals surface area contributed by atoms with Gasteiger partial charge in [0.25, 0.3) is 0 Å². The number of ketones is 1. The monoisotopic (exact) mass is 342 g/mol. The number of carbonyl (C=O) groups excluding carboxylic acids is 2. The van der Waals surface area contributed by atoms with Gasteiger partial charge in [0.15, 0.2) is 11.6 Å². The van der Waals surface area contributed by atoms with E-state index in [1.165, 1.54) is 0 Å². The second-order valence-electron chi connectivity index (χ2n) is 5.45. The second-order valence-corrected chi connectivity index (χ2v) is 5.45. The minimum atomic E-state index is -0.380. The summed E-state index contributed by atoms with van der Waals surface area (Å²) in [7, 11) is 0. The third kappa shape index (κ3) is 3.97. The van der Waals surface area contributed by atoms with Gasteiger partial charge in [-0.2, -0.15) is 0 Å². The molecule has 0 bridgehead atoms. The Morgan fingerprint density at radius 1 is 1.32 bits per heavy atom. The quantitative estimate of drug-likeness (QED) is 0.580. The van der Waals surface area contributed by atoms with Gasteiger partial charge >= 0.3 is 5.97 Å². The number of rotatable bonds is 6. The summed E-state index contributed by atoms with van der Waals surface area (Å²) in [5.74, 6) is -0.0244. The summed E-state index contributed by atoms with van der Waals surface area (Å²) in [5.41, 5.74) is 1.42. The van der Waals surface area contributed by atoms with E-state index in [0.29, 0.717) is 36.6 Å². The van der Waals surface area contributed by atoms with Gasteiger partial charge in [0.2, 0.25) is 0 Å². The summed E-state index contributed by atoms with van der Waals surface area (Å²) in [6.45, 7) is 2.75. The molecule has 0 saturated heterocycles. The molecule has 0 atom stereocenters. The van der Waals surface area contributed by atoms with Gasteiger partial charge in [-0.05, 0) is 24.6 Å². The number of imidazole rings is 1. The lowest BCUT2D eigenvalue weighted by Gasteiger charge is -2.19. The van der Waals surface area contributed by atoms with E-state index in [1.807, 2.05) is 0 Å². The number of hydrogen-bond acceptors (Lipinski definition) is 7. The van der Waals surface area contributed by atoms with Crippen LogP contribution in [0.25, 0.3) is 5.82 Å². The molecule has 3 heterocycles. The Labute approximate surface area is 144 Å². The molecule has 0 amide bonds. The third-order valence-electron chi connectivity index (χ3n) is 3.80. The normalized spacial score (nSPS) is 14.4. The largest absolute Gasteiger partial charge is 0.463 e. The number of hydrogen-bond donors (Lipinski definition) is 0. The van der Waals surface area contributed by atoms with Crippen LogP contribution in [-0.2, 0) is 14.3 Å². The predicted molar refractivity (Wildman–Crippen MR) is 87.2 cm³/mol. The van der Waals surface area contributed by atoms with E-state index in [2.05, 4.69) is 15.2 Å². The molecule has 2 aromatic rings. The van der Waals surface area contributed by atoms with Crippen LogP contribution >= 0.6 is 0 Å². The van der Waals surface area contributed by atoms with Crippen molar-refractivity contribution in [3.05, 3.63) is 47.7 Å². The number of esters is 1. The number of ether oxygens (including phenoxy) is 2. The maximum Gasteiger partial charge on any atom is 0.334 e. The van der Waals surface area contributed by atoms with E-state index in [1.54, 1.807) is 42.3 Å². The van der Waals surface area contributed by atoms with Crippen molar-refractivity contribution in [3.8, 4) is 5.82 Å². The van der Waals surface area contributed by atoms with Crippen molar-refractivity contribution in [1.29, 1.82) is 0 Å². The smallest absolute Gasteiger partial charge is 0.334 e. The highest BCUT2D eigenvalue weighted by Gasteiger charge is 2.23. The van der Waals surface area contributed by atoms with Crippen LogP contribution < -0.4 is 0 Å². The number of nitrogens with zero attached hydrogens (tertiary/aromatic N) is 4. The van der Waals surface area contributed by atoms with Crippen LogP contribution in [0.1, 0.15) is 30.3 Å². The molecule has 8 heteroatoms. The van der Waals surface area contributed by atoms with Gasteiger partial charge in [0.1, 0.15) is 12.0 Å². The first-order valence-corrected chi connectivity index (χ1v) is 8.00. The molecular formula is C17H18N4O4. The summed E-state index contributed by atoms with van der Waals surface area (Å²) in [4.78, 5) is 28.4. The van der Waals surface area contributed by atoms with E-state index in [-0.39, 0.29) is 30.5 Å². The fourth-order valence-corrected chi connectivity index (χ4v) is 2.55. The van der Waals surface area contributed by atoms with E-state index in [4.69, 9.17) is 9.47 Å². The van der Waals surface area contributed by atoms with E-state index in [9.17, 15) is 9.59 Å². The van der Waals surface area contributed by atoms with Crippen molar-refractivity contribution in [2.75, 3.05) is 19.8 Å². The zero-order chi connectivity index (χ0) is 17.6. The van der Waals surface area contributed by atoms with Crippen LogP contribution in [0.15, 0.2) is 42.0 Å². The Bertz CT molecular complexity index is 781. The zero-order valence-electron chi connectivity index (χ0n) is 13.8. The minimum Gasteiger partial charge on any atom is -0.463 e. The van der Waals surface area contributed by atoms with Gasteiger partial charge in [0, 0.05) is 30.8 Å². The second kappa shape index (κ2) is 7.80. The zero-order valence-corrected chi connectivity index (χ0v) is 13.8. The van der Waals surface area contributed by atoms with Crippen LogP contribution in [0.5, 0.6) is 0 Å². The first-order chi connectivity index (χ1) is 12.2. The lowest BCUT2D eigenvalue weighted by molar-refractivity contribution is -0.139. The molecule has 1 aliphatic heterocycles. The van der Waals surface area contributed by atoms with Crippen LogP contribution in [0, 0.1) is 0 Å². The predicted octanol–water partition coefficient (Wildman–Crippen LogP) is 1.52. The Hall–Kier alpha value is -2.87. The standard InChI is InChI=1S/C17H18N4O4/c1-2-25-17(23)13-5-8-24-10-12(13)9-15(22)14-3-4-16(20-19-14)21-7-6-18-11-21/h3-4,6-7,11H,2,5,8-10H2,1H3. The third-order valence-corrected chi connectivity index (χ3v) is 3.80. The van der Waals surface area contributed by atoms with E-state index >= 15 is 0 Å². The summed E-state index contributed by atoms with van der Waals surface area (Å²) < 4.78 is 12.1. The Balaban J connectivity index is 1.75. The van der Waals surface area contributed by atoms with Crippen LogP contribution in [-0.4, -0.2) is 51.3 Å². The molecule has 0 fully saturated rings. The average molecular weight is 342 g/mol. The highest BCUT2D eigenvalue weighted by molar-refractivity contribution is 5.98. The molecule has 1 aliphatic rings. The lowest BCUT2D eigenvalue weighted by Crippen LogP contribution is -2.21. The molecule has 3 rings (SSSR count). The first kappa shape index (κ1) is 17.0. The molecule has 0 N–H and O–H groups in total. The van der Waals surface area contributed by atoms with Gasteiger partial charge in [-0.1, -0.05) is 0 Å². The summed E-state index contributed by atoms with van der Waals surface area (Å²) in [6.07, 6.45) is 5.48. The van der Waals surface area contributed by atoms with Crippen molar-refractivity contribution in [2.24, 2.45) is 0 Å². The van der Waals surface area contributed by atoms with Gasteiger partial charge in [-0.15, -0.1) is 10.2 Å². The molecule has 0 radical (unpaired) electrons. The molecule has 8 nitrogen and oxygen atoms in total. The van der Waals surface area contributed by atoms with E-state index in [0.717, 1.165) is 0 Å². The fraction of sp³-hybridized carbons (Fsp3) is 0.353. The maximum absolute atomic E-state index is 12.5. The molecule has 130 valence electrons. The van der Waals surface area contributed by atoms with Crippen molar-refractivity contribution in [3.63, 3.8) is 0 Å². The van der Waals surface area contributed by atoms with Gasteiger partial charge in [0.05, 0.1) is 19.8 Å². The van der Waals surface area contributed by atoms with Gasteiger partial charge in [-0.25, -0.2) is 9.78 Å². The molecule has 0 unspecified atom stereocenters. The molecule has 2 aromatic heterocycles. The molecule has 0 aliphatic carbocycles. The highest BCUT2D eigenvalue weighted by atomic mass is 16.5. The van der Waals surface area contributed by atoms with Crippen molar-refractivity contribution < 1.29 is 19.1 Å². The molecule has 0 saturated carbocycles. The van der Waals surface area contributed by atoms with Crippen molar-refractivity contribution in [2.45, 2.75) is 19.8 Å². The summed E-state index contributed by atoms with van der Waals surface area (Å²) >= 11 is 0. The SMILES string of the molecule is CCOC(=O)C1=C(CC(=O)c2ccc(-n3ccnc3)nn2)COCC1. The maximum atomic E-state index is 12.5. The van der Waals surface area contributed by atoms with E-state index < -0.39 is 0 Å². The number of Topliss-reactive ketones (excluding diaryl/α,β-unsaturated/α-hetero) is 1. The Morgan fingerprint density at radius 2 is 2.20 bits per heavy atom. The fourth-order valence-electron chi connectivity index (χ4n) is 2.55. The molecular weight excluding hydrogens is 324 g/mol. The summed E-state index contributed by atoms with van der Waals surface area (Å²) in [6, 6.07) is 3.30. The summed E-state index contributed by atoms with van der Waals surface area (Å²) in [5, 5.41) is 8.01. The Morgan fingerprint density at radius 3 is 2.88 bits per heavy atom. The topological polar surface area (TPSA) is 96.2 Å². The average Bonchev–Trinajstić information content (AvgIpc) is 3.17. The van der Waals surface area contributed by atoms with Gasteiger partial charge in [-0.3, -0.25) is 9.36 Å². The Kier molecular flexibility index (Phi) is 5.30.